The number of carbonyl (C=O) groups excluding carboxylic acids is 4. The highest BCUT2D eigenvalue weighted by atomic mass is 16.6. The topological polar surface area (TPSA) is 90.0 Å². The number of fused-ring (bicyclic) bond motifs is 1. The molecule has 1 aliphatic heterocycles. The van der Waals surface area contributed by atoms with Gasteiger partial charge in [-0.1, -0.05) is 24.3 Å². The van der Waals surface area contributed by atoms with Crippen molar-refractivity contribution in [3.8, 4) is 5.75 Å². The van der Waals surface area contributed by atoms with Crippen LogP contribution in [0, 0.1) is 0 Å². The average molecular weight is 339 g/mol. The second-order valence-corrected chi connectivity index (χ2v) is 5.23. The van der Waals surface area contributed by atoms with E-state index < -0.39 is 30.5 Å². The number of para-hydroxylation sites is 1. The van der Waals surface area contributed by atoms with Crippen LogP contribution < -0.4 is 4.74 Å². The molecule has 7 nitrogen and oxygen atoms in total. The predicted octanol–water partition coefficient (Wildman–Crippen LogP) is 2.02. The van der Waals surface area contributed by atoms with Crippen LogP contribution in [0.3, 0.4) is 0 Å². The van der Waals surface area contributed by atoms with E-state index in [1.807, 2.05) is 0 Å². The molecule has 2 aromatic rings. The minimum Gasteiger partial charge on any atom is -0.440 e. The highest BCUT2D eigenvalue weighted by molar-refractivity contribution is 6.21. The Kier molecular flexibility index (Phi) is 4.30. The van der Waals surface area contributed by atoms with Crippen molar-refractivity contribution in [2.24, 2.45) is 0 Å². The van der Waals surface area contributed by atoms with Crippen molar-refractivity contribution < 1.29 is 28.7 Å². The van der Waals surface area contributed by atoms with Gasteiger partial charge in [-0.05, 0) is 24.3 Å². The summed E-state index contributed by atoms with van der Waals surface area (Å²) >= 11 is 0. The van der Waals surface area contributed by atoms with Crippen LogP contribution in [0.25, 0.3) is 0 Å². The number of hydrogen-bond donors (Lipinski definition) is 0. The Bertz CT molecular complexity index is 854. The molecule has 126 valence electrons. The molecular formula is C18H13NO6. The quantitative estimate of drug-likeness (QED) is 0.481. The van der Waals surface area contributed by atoms with Crippen molar-refractivity contribution in [2.45, 2.75) is 6.92 Å². The molecule has 2 amide bonds. The smallest absolute Gasteiger partial charge is 0.343 e. The highest BCUT2D eigenvalue weighted by Gasteiger charge is 2.36. The molecule has 0 saturated carbocycles. The maximum Gasteiger partial charge on any atom is 0.343 e. The van der Waals surface area contributed by atoms with E-state index in [1.54, 1.807) is 24.3 Å². The number of ether oxygens (including phenoxy) is 2. The van der Waals surface area contributed by atoms with E-state index in [9.17, 15) is 19.2 Å². The van der Waals surface area contributed by atoms with E-state index >= 15 is 0 Å². The van der Waals surface area contributed by atoms with Gasteiger partial charge in [-0.2, -0.15) is 0 Å². The Balaban J connectivity index is 1.73. The zero-order valence-corrected chi connectivity index (χ0v) is 13.2. The average Bonchev–Trinajstić information content (AvgIpc) is 2.84. The van der Waals surface area contributed by atoms with E-state index in [2.05, 4.69) is 0 Å². The number of hydrogen-bond acceptors (Lipinski definition) is 6. The maximum absolute atomic E-state index is 12.2. The van der Waals surface area contributed by atoms with Gasteiger partial charge in [0.1, 0.15) is 11.3 Å². The van der Waals surface area contributed by atoms with E-state index in [-0.39, 0.29) is 22.4 Å². The van der Waals surface area contributed by atoms with Crippen LogP contribution in [-0.2, 0) is 9.53 Å². The number of nitrogens with zero attached hydrogens (tertiary/aromatic N) is 1. The second kappa shape index (κ2) is 6.56. The second-order valence-electron chi connectivity index (χ2n) is 5.23. The summed E-state index contributed by atoms with van der Waals surface area (Å²) in [6, 6.07) is 12.4. The van der Waals surface area contributed by atoms with Gasteiger partial charge in [0.05, 0.1) is 11.1 Å². The Morgan fingerprint density at radius 1 is 0.920 bits per heavy atom. The van der Waals surface area contributed by atoms with Crippen molar-refractivity contribution in [2.75, 3.05) is 6.73 Å². The van der Waals surface area contributed by atoms with Crippen LogP contribution in [0.15, 0.2) is 48.5 Å². The summed E-state index contributed by atoms with van der Waals surface area (Å²) in [5.74, 6) is -2.40. The standard InChI is InChI=1S/C18H13NO6/c1-11(20)25-15-9-5-4-8-14(15)18(23)24-10-19-16(21)12-6-2-3-7-13(12)17(19)22/h2-9H,10H2,1H3. The molecule has 0 fully saturated rings. The molecule has 0 bridgehead atoms. The monoisotopic (exact) mass is 339 g/mol. The van der Waals surface area contributed by atoms with E-state index in [1.165, 1.54) is 31.2 Å². The summed E-state index contributed by atoms with van der Waals surface area (Å²) in [6.45, 7) is 0.681. The van der Waals surface area contributed by atoms with E-state index in [0.717, 1.165) is 4.90 Å². The lowest BCUT2D eigenvalue weighted by molar-refractivity contribution is -0.131. The lowest BCUT2D eigenvalue weighted by atomic mass is 10.1. The van der Waals surface area contributed by atoms with Gasteiger partial charge in [0.2, 0.25) is 0 Å². The molecule has 0 aromatic heterocycles. The number of benzene rings is 2. The van der Waals surface area contributed by atoms with Crippen LogP contribution >= 0.6 is 0 Å². The van der Waals surface area contributed by atoms with Gasteiger partial charge in [0, 0.05) is 6.92 Å². The fraction of sp³-hybridized carbons (Fsp3) is 0.111. The lowest BCUT2D eigenvalue weighted by Crippen LogP contribution is -2.33. The number of amides is 2. The van der Waals surface area contributed by atoms with Crippen LogP contribution in [0.2, 0.25) is 0 Å². The number of rotatable bonds is 4. The Hall–Kier alpha value is -3.48. The van der Waals surface area contributed by atoms with Crippen LogP contribution in [0.5, 0.6) is 5.75 Å². The molecule has 0 unspecified atom stereocenters. The van der Waals surface area contributed by atoms with E-state index in [0.29, 0.717) is 0 Å². The molecular weight excluding hydrogens is 326 g/mol. The molecule has 1 aliphatic rings. The molecule has 25 heavy (non-hydrogen) atoms. The minimum absolute atomic E-state index is 0.0225. The maximum atomic E-state index is 12.2. The van der Waals surface area contributed by atoms with Gasteiger partial charge in [-0.3, -0.25) is 14.4 Å². The molecule has 0 saturated heterocycles. The molecule has 7 heteroatoms. The Morgan fingerprint density at radius 2 is 1.48 bits per heavy atom. The molecule has 0 spiro atoms. The largest absolute Gasteiger partial charge is 0.440 e. The summed E-state index contributed by atoms with van der Waals surface area (Å²) < 4.78 is 10.0. The Morgan fingerprint density at radius 3 is 2.08 bits per heavy atom. The Labute approximate surface area is 142 Å². The third-order valence-electron chi connectivity index (χ3n) is 3.56. The molecule has 0 radical (unpaired) electrons. The van der Waals surface area contributed by atoms with Gasteiger partial charge < -0.3 is 9.47 Å². The predicted molar refractivity (Wildman–Crippen MR) is 85.0 cm³/mol. The van der Waals surface area contributed by atoms with Gasteiger partial charge >= 0.3 is 11.9 Å². The summed E-state index contributed by atoms with van der Waals surface area (Å²) in [4.78, 5) is 48.6. The van der Waals surface area contributed by atoms with Crippen molar-refractivity contribution >= 4 is 23.8 Å². The first-order valence-electron chi connectivity index (χ1n) is 7.39. The van der Waals surface area contributed by atoms with Crippen molar-refractivity contribution in [3.05, 3.63) is 65.2 Å². The van der Waals surface area contributed by atoms with Crippen molar-refractivity contribution in [1.82, 2.24) is 4.90 Å². The molecule has 0 N–H and O–H groups in total. The summed E-state index contributed by atoms with van der Waals surface area (Å²) in [5, 5.41) is 0. The van der Waals surface area contributed by atoms with Crippen molar-refractivity contribution in [1.29, 1.82) is 0 Å². The van der Waals surface area contributed by atoms with Crippen LogP contribution in [0.4, 0.5) is 0 Å². The van der Waals surface area contributed by atoms with E-state index in [4.69, 9.17) is 9.47 Å². The molecule has 2 aromatic carbocycles. The normalized spacial score (nSPS) is 12.8. The first kappa shape index (κ1) is 16.4. The van der Waals surface area contributed by atoms with Gasteiger partial charge in [0.15, 0.2) is 6.73 Å². The number of carbonyl (C=O) groups is 4. The fourth-order valence-corrected chi connectivity index (χ4v) is 2.44. The van der Waals surface area contributed by atoms with Gasteiger partial charge in [-0.25, -0.2) is 9.69 Å². The summed E-state index contributed by atoms with van der Waals surface area (Å²) in [7, 11) is 0. The SMILES string of the molecule is CC(=O)Oc1ccccc1C(=O)OCN1C(=O)c2ccccc2C1=O. The zero-order valence-electron chi connectivity index (χ0n) is 13.2. The van der Waals surface area contributed by atoms with Gasteiger partial charge in [-0.15, -0.1) is 0 Å². The summed E-state index contributed by atoms with van der Waals surface area (Å²) in [6.07, 6.45) is 0. The fourth-order valence-electron chi connectivity index (χ4n) is 2.44. The third-order valence-corrected chi connectivity index (χ3v) is 3.56. The third kappa shape index (κ3) is 3.12. The number of imide groups is 1. The minimum atomic E-state index is -0.812. The summed E-state index contributed by atoms with van der Waals surface area (Å²) in [5.41, 5.74) is 0.557. The molecule has 0 atom stereocenters. The number of esters is 2. The molecule has 0 aliphatic carbocycles. The van der Waals surface area contributed by atoms with Crippen LogP contribution in [0.1, 0.15) is 38.0 Å². The van der Waals surface area contributed by atoms with Crippen molar-refractivity contribution in [3.63, 3.8) is 0 Å². The first-order valence-corrected chi connectivity index (χ1v) is 7.39. The highest BCUT2D eigenvalue weighted by Crippen LogP contribution is 2.23. The zero-order chi connectivity index (χ0) is 18.0. The van der Waals surface area contributed by atoms with Crippen LogP contribution in [-0.4, -0.2) is 35.4 Å². The molecule has 1 heterocycles. The van der Waals surface area contributed by atoms with Gasteiger partial charge in [0.25, 0.3) is 11.8 Å². The molecule has 3 rings (SSSR count). The lowest BCUT2D eigenvalue weighted by Gasteiger charge is -2.14. The first-order chi connectivity index (χ1) is 12.0.